The van der Waals surface area contributed by atoms with Gasteiger partial charge in [0.15, 0.2) is 0 Å². The number of hydrogen-bond acceptors (Lipinski definition) is 3. The van der Waals surface area contributed by atoms with E-state index in [1.807, 2.05) is 4.90 Å². The van der Waals surface area contributed by atoms with E-state index in [-0.39, 0.29) is 30.7 Å². The van der Waals surface area contributed by atoms with Gasteiger partial charge in [-0.15, -0.1) is 0 Å². The van der Waals surface area contributed by atoms with Gasteiger partial charge >= 0.3 is 6.03 Å². The van der Waals surface area contributed by atoms with Gasteiger partial charge in [0.1, 0.15) is 0 Å². The Bertz CT molecular complexity index is 349. The van der Waals surface area contributed by atoms with Crippen LogP contribution in [0.3, 0.4) is 0 Å². The van der Waals surface area contributed by atoms with E-state index in [4.69, 9.17) is 4.74 Å². The average Bonchev–Trinajstić information content (AvgIpc) is 2.98. The first kappa shape index (κ1) is 17.5. The summed E-state index contributed by atoms with van der Waals surface area (Å²) in [5.41, 5.74) is 0. The maximum absolute atomic E-state index is 12.4. The monoisotopic (exact) mass is 312 g/mol. The van der Waals surface area contributed by atoms with Crippen LogP contribution < -0.4 is 5.32 Å². The van der Waals surface area contributed by atoms with Crippen LogP contribution in [0.25, 0.3) is 0 Å². The summed E-state index contributed by atoms with van der Waals surface area (Å²) in [6.45, 7) is 6.79. The molecule has 128 valence electrons. The van der Waals surface area contributed by atoms with Crippen molar-refractivity contribution in [1.29, 1.82) is 0 Å². The zero-order valence-electron chi connectivity index (χ0n) is 14.1. The van der Waals surface area contributed by atoms with Crippen LogP contribution in [0.1, 0.15) is 52.4 Å². The number of urea groups is 1. The summed E-state index contributed by atoms with van der Waals surface area (Å²) in [5.74, 6) is 0.895. The molecule has 1 saturated heterocycles. The number of carbonyl (C=O) groups is 1. The number of aliphatic hydroxyl groups is 1. The van der Waals surface area contributed by atoms with Crippen molar-refractivity contribution >= 4 is 6.03 Å². The Balaban J connectivity index is 1.79. The van der Waals surface area contributed by atoms with Crippen molar-refractivity contribution in [1.82, 2.24) is 10.2 Å². The van der Waals surface area contributed by atoms with Crippen molar-refractivity contribution < 1.29 is 14.6 Å². The van der Waals surface area contributed by atoms with Crippen molar-refractivity contribution in [2.75, 3.05) is 26.3 Å². The number of amides is 2. The molecule has 1 aliphatic heterocycles. The van der Waals surface area contributed by atoms with Crippen LogP contribution in [0.4, 0.5) is 4.79 Å². The number of likely N-dealkylation sites (tertiary alicyclic amines) is 1. The fourth-order valence-electron chi connectivity index (χ4n) is 3.33. The highest BCUT2D eigenvalue weighted by Crippen LogP contribution is 2.23. The summed E-state index contributed by atoms with van der Waals surface area (Å²) in [6.07, 6.45) is 6.54. The SMILES string of the molecule is CC(C)CCOC1CCCCC1NC(=O)N1CCC(CO)C1. The molecular formula is C17H32N2O3. The Morgan fingerprint density at radius 2 is 2.09 bits per heavy atom. The van der Waals surface area contributed by atoms with Crippen molar-refractivity contribution in [3.05, 3.63) is 0 Å². The molecule has 1 saturated carbocycles. The summed E-state index contributed by atoms with van der Waals surface area (Å²) in [7, 11) is 0. The lowest BCUT2D eigenvalue weighted by molar-refractivity contribution is 0.00236. The van der Waals surface area contributed by atoms with Gasteiger partial charge in [-0.2, -0.15) is 0 Å². The van der Waals surface area contributed by atoms with Crippen LogP contribution >= 0.6 is 0 Å². The Morgan fingerprint density at radius 3 is 2.77 bits per heavy atom. The van der Waals surface area contributed by atoms with Crippen molar-refractivity contribution in [2.24, 2.45) is 11.8 Å². The van der Waals surface area contributed by atoms with Gasteiger partial charge in [-0.05, 0) is 31.6 Å². The molecule has 2 N–H and O–H groups in total. The lowest BCUT2D eigenvalue weighted by atomic mass is 9.92. The smallest absolute Gasteiger partial charge is 0.317 e. The van der Waals surface area contributed by atoms with Gasteiger partial charge in [-0.25, -0.2) is 4.79 Å². The van der Waals surface area contributed by atoms with E-state index in [2.05, 4.69) is 19.2 Å². The second-order valence-corrected chi connectivity index (χ2v) is 7.22. The van der Waals surface area contributed by atoms with Crippen LogP contribution in [0.5, 0.6) is 0 Å². The van der Waals surface area contributed by atoms with Crippen LogP contribution in [-0.2, 0) is 4.74 Å². The van der Waals surface area contributed by atoms with Crippen molar-refractivity contribution in [2.45, 2.75) is 64.5 Å². The highest BCUT2D eigenvalue weighted by molar-refractivity contribution is 5.74. The first-order chi connectivity index (χ1) is 10.6. The van der Waals surface area contributed by atoms with E-state index in [0.717, 1.165) is 45.3 Å². The van der Waals surface area contributed by atoms with Crippen LogP contribution in [0, 0.1) is 11.8 Å². The molecule has 0 aromatic heterocycles. The fourth-order valence-corrected chi connectivity index (χ4v) is 3.33. The van der Waals surface area contributed by atoms with Crippen molar-refractivity contribution in [3.63, 3.8) is 0 Å². The second kappa shape index (κ2) is 8.73. The van der Waals surface area contributed by atoms with E-state index in [1.165, 1.54) is 6.42 Å². The predicted molar refractivity (Wildman–Crippen MR) is 86.7 cm³/mol. The molecule has 2 fully saturated rings. The van der Waals surface area contributed by atoms with Crippen LogP contribution in [0.15, 0.2) is 0 Å². The number of hydrogen-bond donors (Lipinski definition) is 2. The lowest BCUT2D eigenvalue weighted by Gasteiger charge is -2.33. The summed E-state index contributed by atoms with van der Waals surface area (Å²) in [6, 6.07) is 0.155. The molecule has 1 heterocycles. The molecule has 0 bridgehead atoms. The van der Waals surface area contributed by atoms with Gasteiger partial charge < -0.3 is 20.1 Å². The fraction of sp³-hybridized carbons (Fsp3) is 0.941. The molecule has 0 radical (unpaired) electrons. The molecule has 1 aliphatic carbocycles. The van der Waals surface area contributed by atoms with Gasteiger partial charge in [-0.1, -0.05) is 26.7 Å². The predicted octanol–water partition coefficient (Wildman–Crippen LogP) is 2.38. The Hall–Kier alpha value is -0.810. The lowest BCUT2D eigenvalue weighted by Crippen LogP contribution is -2.50. The molecule has 5 heteroatoms. The molecule has 0 spiro atoms. The first-order valence-corrected chi connectivity index (χ1v) is 8.88. The third-order valence-corrected chi connectivity index (χ3v) is 4.87. The molecule has 22 heavy (non-hydrogen) atoms. The largest absolute Gasteiger partial charge is 0.396 e. The summed E-state index contributed by atoms with van der Waals surface area (Å²) >= 11 is 0. The first-order valence-electron chi connectivity index (χ1n) is 8.88. The number of rotatable bonds is 6. The minimum Gasteiger partial charge on any atom is -0.396 e. The highest BCUT2D eigenvalue weighted by atomic mass is 16.5. The number of carbonyl (C=O) groups excluding carboxylic acids is 1. The molecule has 0 aromatic carbocycles. The van der Waals surface area contributed by atoms with Gasteiger partial charge in [0.2, 0.25) is 0 Å². The minimum absolute atomic E-state index is 0.0142. The quantitative estimate of drug-likeness (QED) is 0.791. The Morgan fingerprint density at radius 1 is 1.32 bits per heavy atom. The average molecular weight is 312 g/mol. The summed E-state index contributed by atoms with van der Waals surface area (Å²) in [4.78, 5) is 14.2. The van der Waals surface area contributed by atoms with Gasteiger partial charge in [-0.3, -0.25) is 0 Å². The number of aliphatic hydroxyl groups excluding tert-OH is 1. The van der Waals surface area contributed by atoms with Crippen LogP contribution in [-0.4, -0.2) is 54.5 Å². The van der Waals surface area contributed by atoms with E-state index < -0.39 is 0 Å². The molecule has 3 unspecified atom stereocenters. The molecule has 0 aromatic rings. The van der Waals surface area contributed by atoms with Gasteiger partial charge in [0.05, 0.1) is 12.1 Å². The van der Waals surface area contributed by atoms with Crippen molar-refractivity contribution in [3.8, 4) is 0 Å². The Labute approximate surface area is 134 Å². The van der Waals surface area contributed by atoms with E-state index >= 15 is 0 Å². The summed E-state index contributed by atoms with van der Waals surface area (Å²) < 4.78 is 6.04. The number of nitrogens with one attached hydrogen (secondary N) is 1. The molecule has 2 aliphatic rings. The molecule has 5 nitrogen and oxygen atoms in total. The van der Waals surface area contributed by atoms with Gasteiger partial charge in [0, 0.05) is 32.2 Å². The van der Waals surface area contributed by atoms with E-state index in [1.54, 1.807) is 0 Å². The topological polar surface area (TPSA) is 61.8 Å². The van der Waals surface area contributed by atoms with E-state index in [9.17, 15) is 9.90 Å². The summed E-state index contributed by atoms with van der Waals surface area (Å²) in [5, 5.41) is 12.4. The maximum Gasteiger partial charge on any atom is 0.317 e. The molecule has 2 rings (SSSR count). The van der Waals surface area contributed by atoms with Crippen LogP contribution in [0.2, 0.25) is 0 Å². The zero-order chi connectivity index (χ0) is 15.9. The number of ether oxygens (including phenoxy) is 1. The molecule has 2 amide bonds. The Kier molecular flexibility index (Phi) is 6.96. The third kappa shape index (κ3) is 5.13. The molecular weight excluding hydrogens is 280 g/mol. The third-order valence-electron chi connectivity index (χ3n) is 4.87. The second-order valence-electron chi connectivity index (χ2n) is 7.22. The van der Waals surface area contributed by atoms with Gasteiger partial charge in [0.25, 0.3) is 0 Å². The molecule has 3 atom stereocenters. The standard InChI is InChI=1S/C17H32N2O3/c1-13(2)8-10-22-16-6-4-3-5-15(16)18-17(21)19-9-7-14(11-19)12-20/h13-16,20H,3-12H2,1-2H3,(H,18,21). The minimum atomic E-state index is 0.0142. The van der Waals surface area contributed by atoms with E-state index in [0.29, 0.717) is 12.5 Å². The number of nitrogens with zero attached hydrogens (tertiary/aromatic N) is 1. The zero-order valence-corrected chi connectivity index (χ0v) is 14.1. The maximum atomic E-state index is 12.4. The highest BCUT2D eigenvalue weighted by Gasteiger charge is 2.31. The normalized spacial score (nSPS) is 29.1.